The molecule has 2 aromatic heterocycles. The second kappa shape index (κ2) is 11.1. The number of carbonyl (C=O) groups excluding carboxylic acids is 2. The molecule has 0 spiro atoms. The second-order valence-electron chi connectivity index (χ2n) is 8.85. The Morgan fingerprint density at radius 2 is 2.09 bits per heavy atom. The number of benzene rings is 1. The zero-order valence-corrected chi connectivity index (χ0v) is 21.1. The van der Waals surface area contributed by atoms with Crippen LogP contribution in [0.1, 0.15) is 66.6 Å². The van der Waals surface area contributed by atoms with Crippen LogP contribution >= 0.6 is 11.3 Å². The minimum absolute atomic E-state index is 0.0148. The van der Waals surface area contributed by atoms with Gasteiger partial charge >= 0.3 is 0 Å². The molecule has 8 heteroatoms. The molecule has 1 atom stereocenters. The fourth-order valence-electron chi connectivity index (χ4n) is 4.77. The first-order valence-corrected chi connectivity index (χ1v) is 13.0. The number of methoxy groups -OCH3 is 1. The minimum atomic E-state index is -0.257. The van der Waals surface area contributed by atoms with E-state index < -0.39 is 0 Å². The van der Waals surface area contributed by atoms with Crippen molar-refractivity contribution in [3.8, 4) is 0 Å². The fraction of sp³-hybridized carbons (Fsp3) is 0.500. The molecule has 0 radical (unpaired) electrons. The molecule has 1 N–H and O–H groups in total. The fourth-order valence-corrected chi connectivity index (χ4v) is 5.47. The highest BCUT2D eigenvalue weighted by molar-refractivity contribution is 7.09. The van der Waals surface area contributed by atoms with Gasteiger partial charge in [0.1, 0.15) is 5.82 Å². The van der Waals surface area contributed by atoms with Crippen molar-refractivity contribution in [3.05, 3.63) is 52.0 Å². The van der Waals surface area contributed by atoms with Gasteiger partial charge < -0.3 is 19.5 Å². The van der Waals surface area contributed by atoms with Gasteiger partial charge in [-0.05, 0) is 55.3 Å². The maximum atomic E-state index is 12.9. The molecule has 1 fully saturated rings. The average Bonchev–Trinajstić information content (AvgIpc) is 3.51. The van der Waals surface area contributed by atoms with Crippen molar-refractivity contribution in [1.29, 1.82) is 0 Å². The van der Waals surface area contributed by atoms with Crippen molar-refractivity contribution in [2.24, 2.45) is 0 Å². The van der Waals surface area contributed by atoms with Crippen molar-refractivity contribution in [3.63, 3.8) is 0 Å². The van der Waals surface area contributed by atoms with Crippen molar-refractivity contribution < 1.29 is 14.3 Å². The predicted octanol–water partition coefficient (Wildman–Crippen LogP) is 4.42. The summed E-state index contributed by atoms with van der Waals surface area (Å²) in [5.41, 5.74) is 2.38. The van der Waals surface area contributed by atoms with Crippen molar-refractivity contribution in [2.75, 3.05) is 26.7 Å². The van der Waals surface area contributed by atoms with Crippen LogP contribution in [0.5, 0.6) is 0 Å². The monoisotopic (exact) mass is 482 g/mol. The van der Waals surface area contributed by atoms with Gasteiger partial charge in [0.15, 0.2) is 0 Å². The zero-order valence-electron chi connectivity index (χ0n) is 20.3. The predicted molar refractivity (Wildman–Crippen MR) is 135 cm³/mol. The highest BCUT2D eigenvalue weighted by atomic mass is 32.1. The molecule has 0 saturated carbocycles. The molecular weight excluding hydrogens is 448 g/mol. The normalized spacial score (nSPS) is 16.4. The molecule has 1 saturated heterocycles. The number of imidazole rings is 1. The minimum Gasteiger partial charge on any atom is -0.380 e. The van der Waals surface area contributed by atoms with Gasteiger partial charge in [-0.15, -0.1) is 11.3 Å². The zero-order chi connectivity index (χ0) is 24.1. The number of piperidine rings is 1. The number of fused-ring (bicyclic) bond motifs is 1. The van der Waals surface area contributed by atoms with Crippen LogP contribution in [0, 0.1) is 0 Å². The smallest absolute Gasteiger partial charge is 0.251 e. The molecule has 3 aromatic rings. The summed E-state index contributed by atoms with van der Waals surface area (Å²) in [6, 6.07) is 10.2. The largest absolute Gasteiger partial charge is 0.380 e. The van der Waals surface area contributed by atoms with Crippen molar-refractivity contribution >= 4 is 34.2 Å². The summed E-state index contributed by atoms with van der Waals surface area (Å²) in [7, 11) is 1.67. The molecule has 182 valence electrons. The third-order valence-corrected chi connectivity index (χ3v) is 7.59. The van der Waals surface area contributed by atoms with Gasteiger partial charge in [0, 0.05) is 43.1 Å². The van der Waals surface area contributed by atoms with Gasteiger partial charge in [0.2, 0.25) is 5.91 Å². The Morgan fingerprint density at radius 1 is 1.26 bits per heavy atom. The van der Waals surface area contributed by atoms with Crippen LogP contribution in [0.2, 0.25) is 0 Å². The number of hydrogen-bond acceptors (Lipinski definition) is 5. The molecular formula is C26H34N4O3S. The van der Waals surface area contributed by atoms with Crippen LogP contribution in [-0.4, -0.2) is 59.1 Å². The van der Waals surface area contributed by atoms with Crippen LogP contribution in [-0.2, 0) is 16.0 Å². The molecule has 1 aliphatic heterocycles. The SMILES string of the molecule is CCC(CC)n1c(Cc2cccs2)nc2cc(C(=O)NCC(=O)N3CCCC(OC)C3)ccc21. The highest BCUT2D eigenvalue weighted by Gasteiger charge is 2.24. The lowest BCUT2D eigenvalue weighted by Crippen LogP contribution is -2.47. The van der Waals surface area contributed by atoms with E-state index in [0.29, 0.717) is 24.7 Å². The number of nitrogens with one attached hydrogen (secondary N) is 1. The van der Waals surface area contributed by atoms with E-state index in [0.717, 1.165) is 49.0 Å². The van der Waals surface area contributed by atoms with E-state index in [-0.39, 0.29) is 24.5 Å². The summed E-state index contributed by atoms with van der Waals surface area (Å²) in [6.45, 7) is 5.67. The van der Waals surface area contributed by atoms with Gasteiger partial charge in [-0.3, -0.25) is 9.59 Å². The van der Waals surface area contributed by atoms with E-state index in [4.69, 9.17) is 9.72 Å². The van der Waals surface area contributed by atoms with Gasteiger partial charge in [0.05, 0.1) is 23.7 Å². The number of aromatic nitrogens is 2. The van der Waals surface area contributed by atoms with Gasteiger partial charge in [-0.1, -0.05) is 19.9 Å². The van der Waals surface area contributed by atoms with E-state index in [9.17, 15) is 9.59 Å². The van der Waals surface area contributed by atoms with E-state index in [1.807, 2.05) is 18.2 Å². The van der Waals surface area contributed by atoms with Crippen LogP contribution < -0.4 is 5.32 Å². The Bertz CT molecular complexity index is 1120. The quantitative estimate of drug-likeness (QED) is 0.490. The van der Waals surface area contributed by atoms with Gasteiger partial charge in [-0.25, -0.2) is 4.98 Å². The highest BCUT2D eigenvalue weighted by Crippen LogP contribution is 2.28. The molecule has 7 nitrogen and oxygen atoms in total. The number of ether oxygens (including phenoxy) is 1. The van der Waals surface area contributed by atoms with E-state index in [2.05, 4.69) is 41.2 Å². The molecule has 1 aliphatic rings. The Kier molecular flexibility index (Phi) is 8.00. The Morgan fingerprint density at radius 3 is 2.79 bits per heavy atom. The molecule has 0 bridgehead atoms. The van der Waals surface area contributed by atoms with E-state index in [1.54, 1.807) is 23.3 Å². The van der Waals surface area contributed by atoms with Crippen LogP contribution in [0.15, 0.2) is 35.7 Å². The first-order chi connectivity index (χ1) is 16.5. The van der Waals surface area contributed by atoms with E-state index >= 15 is 0 Å². The molecule has 34 heavy (non-hydrogen) atoms. The molecule has 0 aliphatic carbocycles. The number of rotatable bonds is 9. The second-order valence-corrected chi connectivity index (χ2v) is 9.88. The summed E-state index contributed by atoms with van der Waals surface area (Å²) in [6.07, 6.45) is 4.77. The third-order valence-electron chi connectivity index (χ3n) is 6.71. The number of nitrogens with zero attached hydrogens (tertiary/aromatic N) is 3. The van der Waals surface area contributed by atoms with Crippen LogP contribution in [0.25, 0.3) is 11.0 Å². The molecule has 1 aromatic carbocycles. The van der Waals surface area contributed by atoms with Crippen molar-refractivity contribution in [2.45, 2.75) is 58.1 Å². The maximum absolute atomic E-state index is 12.9. The number of amides is 2. The number of thiophene rings is 1. The van der Waals surface area contributed by atoms with Crippen molar-refractivity contribution in [1.82, 2.24) is 19.8 Å². The van der Waals surface area contributed by atoms with Gasteiger partial charge in [-0.2, -0.15) is 0 Å². The third kappa shape index (κ3) is 5.33. The molecule has 1 unspecified atom stereocenters. The number of likely N-dealkylation sites (tertiary alicyclic amines) is 1. The molecule has 3 heterocycles. The summed E-state index contributed by atoms with van der Waals surface area (Å²) >= 11 is 1.73. The van der Waals surface area contributed by atoms with E-state index in [1.165, 1.54) is 4.88 Å². The first kappa shape index (κ1) is 24.4. The average molecular weight is 483 g/mol. The summed E-state index contributed by atoms with van der Waals surface area (Å²) in [4.78, 5) is 33.4. The van der Waals surface area contributed by atoms with Crippen LogP contribution in [0.4, 0.5) is 0 Å². The topological polar surface area (TPSA) is 76.5 Å². The molecule has 4 rings (SSSR count). The Labute approximate surface area is 205 Å². The standard InChI is InChI=1S/C26H34N4O3S/c1-4-19(5-2)30-23-11-10-18(14-22(23)28-24(30)15-21-9-7-13-34-21)26(32)27-16-25(31)29-12-6-8-20(17-29)33-3/h7,9-11,13-14,19-20H,4-6,8,12,15-17H2,1-3H3,(H,27,32). The van der Waals surface area contributed by atoms with Gasteiger partial charge in [0.25, 0.3) is 5.91 Å². The Hall–Kier alpha value is -2.71. The maximum Gasteiger partial charge on any atom is 0.251 e. The first-order valence-electron chi connectivity index (χ1n) is 12.2. The number of carbonyl (C=O) groups is 2. The summed E-state index contributed by atoms with van der Waals surface area (Å²) in [5.74, 6) is 0.691. The van der Waals surface area contributed by atoms with Crippen LogP contribution in [0.3, 0.4) is 0 Å². The summed E-state index contributed by atoms with van der Waals surface area (Å²) < 4.78 is 7.73. The lowest BCUT2D eigenvalue weighted by molar-refractivity contribution is -0.133. The Balaban J connectivity index is 1.51. The molecule has 2 amide bonds. The number of hydrogen-bond donors (Lipinski definition) is 1. The lowest BCUT2D eigenvalue weighted by atomic mass is 10.1. The summed E-state index contributed by atoms with van der Waals surface area (Å²) in [5, 5.41) is 4.88. The lowest BCUT2D eigenvalue weighted by Gasteiger charge is -2.32.